The van der Waals surface area contributed by atoms with E-state index in [9.17, 15) is 9.59 Å². The van der Waals surface area contributed by atoms with Crippen LogP contribution in [0, 0.1) is 11.3 Å². The zero-order valence-corrected chi connectivity index (χ0v) is 17.7. The fraction of sp³-hybridized carbons (Fsp3) is 0.810. The van der Waals surface area contributed by atoms with Crippen molar-refractivity contribution in [2.24, 2.45) is 11.3 Å². The van der Waals surface area contributed by atoms with Gasteiger partial charge in [-0.15, -0.1) is 10.2 Å². The summed E-state index contributed by atoms with van der Waals surface area (Å²) in [5.41, 5.74) is -0.0468. The summed E-state index contributed by atoms with van der Waals surface area (Å²) in [5.74, 6) is 1.87. The molecule has 1 unspecified atom stereocenters. The standard InChI is InChI=1S/C21H32N4O4/c1-14(2)18-22-23-19(29-18)17-12-25(13-21(17)6-10-28-11-7-21)20(27)16-4-8-24(9-5-16)15(3)26/h14,16-17H,4-13H2,1-3H3. The molecule has 1 aromatic heterocycles. The molecule has 3 aliphatic rings. The van der Waals surface area contributed by atoms with Gasteiger partial charge in [-0.2, -0.15) is 0 Å². The summed E-state index contributed by atoms with van der Waals surface area (Å²) >= 11 is 0. The molecule has 0 aliphatic carbocycles. The predicted molar refractivity (Wildman–Crippen MR) is 105 cm³/mol. The summed E-state index contributed by atoms with van der Waals surface area (Å²) in [6.07, 6.45) is 3.30. The average Bonchev–Trinajstić information content (AvgIpc) is 3.33. The molecule has 0 N–H and O–H groups in total. The Morgan fingerprint density at radius 3 is 2.38 bits per heavy atom. The molecule has 8 nitrogen and oxygen atoms in total. The van der Waals surface area contributed by atoms with Crippen molar-refractivity contribution in [1.29, 1.82) is 0 Å². The Morgan fingerprint density at radius 1 is 1.10 bits per heavy atom. The third kappa shape index (κ3) is 3.91. The first-order valence-electron chi connectivity index (χ1n) is 10.8. The van der Waals surface area contributed by atoms with Gasteiger partial charge < -0.3 is 19.0 Å². The van der Waals surface area contributed by atoms with E-state index >= 15 is 0 Å². The Hall–Kier alpha value is -1.96. The second-order valence-corrected chi connectivity index (χ2v) is 9.16. The summed E-state index contributed by atoms with van der Waals surface area (Å²) in [6.45, 7) is 9.79. The SMILES string of the molecule is CC(=O)N1CCC(C(=O)N2CC(c3nnc(C(C)C)o3)C3(CCOCC3)C2)CC1. The van der Waals surface area contributed by atoms with Gasteiger partial charge in [-0.3, -0.25) is 9.59 Å². The Balaban J connectivity index is 1.50. The molecule has 0 aromatic carbocycles. The number of rotatable bonds is 3. The van der Waals surface area contributed by atoms with E-state index in [1.165, 1.54) is 0 Å². The Kier molecular flexibility index (Phi) is 5.64. The van der Waals surface area contributed by atoms with E-state index < -0.39 is 0 Å². The zero-order valence-electron chi connectivity index (χ0n) is 17.7. The van der Waals surface area contributed by atoms with E-state index in [2.05, 4.69) is 10.2 Å². The topological polar surface area (TPSA) is 88.8 Å². The maximum atomic E-state index is 13.3. The Labute approximate surface area is 172 Å². The van der Waals surface area contributed by atoms with Gasteiger partial charge in [0.1, 0.15) is 0 Å². The van der Waals surface area contributed by atoms with Gasteiger partial charge in [0.15, 0.2) is 0 Å². The van der Waals surface area contributed by atoms with Crippen LogP contribution in [-0.2, 0) is 14.3 Å². The molecule has 3 aliphatic heterocycles. The first-order chi connectivity index (χ1) is 13.9. The van der Waals surface area contributed by atoms with Crippen LogP contribution in [-0.4, -0.2) is 71.2 Å². The van der Waals surface area contributed by atoms with Crippen LogP contribution in [0.4, 0.5) is 0 Å². The summed E-state index contributed by atoms with van der Waals surface area (Å²) in [5, 5.41) is 8.60. The first kappa shape index (κ1) is 20.3. The molecular weight excluding hydrogens is 372 g/mol. The number of piperidine rings is 1. The molecule has 1 aromatic rings. The maximum Gasteiger partial charge on any atom is 0.225 e. The minimum Gasteiger partial charge on any atom is -0.425 e. The number of hydrogen-bond donors (Lipinski definition) is 0. The van der Waals surface area contributed by atoms with Crippen LogP contribution in [0.3, 0.4) is 0 Å². The second kappa shape index (κ2) is 8.05. The molecule has 0 radical (unpaired) electrons. The number of ether oxygens (including phenoxy) is 1. The summed E-state index contributed by atoms with van der Waals surface area (Å²) < 4.78 is 11.6. The highest BCUT2D eigenvalue weighted by molar-refractivity contribution is 5.80. The molecule has 29 heavy (non-hydrogen) atoms. The first-order valence-corrected chi connectivity index (χ1v) is 10.8. The van der Waals surface area contributed by atoms with Crippen LogP contribution in [0.25, 0.3) is 0 Å². The average molecular weight is 405 g/mol. The lowest BCUT2D eigenvalue weighted by Gasteiger charge is -2.37. The van der Waals surface area contributed by atoms with Crippen molar-refractivity contribution in [3.63, 3.8) is 0 Å². The van der Waals surface area contributed by atoms with Crippen molar-refractivity contribution in [2.75, 3.05) is 39.4 Å². The van der Waals surface area contributed by atoms with Gasteiger partial charge in [0.05, 0.1) is 5.92 Å². The van der Waals surface area contributed by atoms with Gasteiger partial charge in [-0.25, -0.2) is 0 Å². The van der Waals surface area contributed by atoms with Crippen LogP contribution in [0.15, 0.2) is 4.42 Å². The highest BCUT2D eigenvalue weighted by Crippen LogP contribution is 2.49. The monoisotopic (exact) mass is 404 g/mol. The van der Waals surface area contributed by atoms with Crippen LogP contribution in [0.5, 0.6) is 0 Å². The van der Waals surface area contributed by atoms with Crippen LogP contribution < -0.4 is 0 Å². The third-order valence-corrected chi connectivity index (χ3v) is 6.99. The van der Waals surface area contributed by atoms with E-state index in [-0.39, 0.29) is 35.0 Å². The highest BCUT2D eigenvalue weighted by Gasteiger charge is 2.52. The van der Waals surface area contributed by atoms with Crippen LogP contribution in [0.2, 0.25) is 0 Å². The van der Waals surface area contributed by atoms with Gasteiger partial charge in [0, 0.05) is 63.6 Å². The Bertz CT molecular complexity index is 748. The third-order valence-electron chi connectivity index (χ3n) is 6.99. The van der Waals surface area contributed by atoms with Crippen molar-refractivity contribution in [3.8, 4) is 0 Å². The van der Waals surface area contributed by atoms with Gasteiger partial charge in [0.25, 0.3) is 0 Å². The molecule has 3 saturated heterocycles. The van der Waals surface area contributed by atoms with E-state index in [0.29, 0.717) is 44.6 Å². The molecule has 3 fully saturated rings. The van der Waals surface area contributed by atoms with Crippen molar-refractivity contribution in [3.05, 3.63) is 11.8 Å². The number of aromatic nitrogens is 2. The Morgan fingerprint density at radius 2 is 1.79 bits per heavy atom. The van der Waals surface area contributed by atoms with Crippen LogP contribution >= 0.6 is 0 Å². The van der Waals surface area contributed by atoms with E-state index in [1.807, 2.05) is 23.6 Å². The van der Waals surface area contributed by atoms with Crippen molar-refractivity contribution in [1.82, 2.24) is 20.0 Å². The largest absolute Gasteiger partial charge is 0.425 e. The fourth-order valence-electron chi connectivity index (χ4n) is 5.08. The quantitative estimate of drug-likeness (QED) is 0.767. The molecular formula is C21H32N4O4. The van der Waals surface area contributed by atoms with E-state index in [1.54, 1.807) is 6.92 Å². The van der Waals surface area contributed by atoms with Gasteiger partial charge in [-0.1, -0.05) is 13.8 Å². The van der Waals surface area contributed by atoms with Crippen molar-refractivity contribution in [2.45, 2.75) is 58.3 Å². The van der Waals surface area contributed by atoms with Crippen molar-refractivity contribution >= 4 is 11.8 Å². The molecule has 1 spiro atoms. The lowest BCUT2D eigenvalue weighted by molar-refractivity contribution is -0.139. The zero-order chi connectivity index (χ0) is 20.6. The number of amides is 2. The maximum absolute atomic E-state index is 13.3. The number of nitrogens with zero attached hydrogens (tertiary/aromatic N) is 4. The van der Waals surface area contributed by atoms with Crippen LogP contribution in [0.1, 0.15) is 70.1 Å². The van der Waals surface area contributed by atoms with E-state index in [4.69, 9.17) is 9.15 Å². The molecule has 0 bridgehead atoms. The highest BCUT2D eigenvalue weighted by atomic mass is 16.5. The van der Waals surface area contributed by atoms with Crippen molar-refractivity contribution < 1.29 is 18.7 Å². The molecule has 1 atom stereocenters. The predicted octanol–water partition coefficient (Wildman–Crippen LogP) is 2.17. The van der Waals surface area contributed by atoms with E-state index in [0.717, 1.165) is 32.2 Å². The van der Waals surface area contributed by atoms with Gasteiger partial charge >= 0.3 is 0 Å². The van der Waals surface area contributed by atoms with Gasteiger partial charge in [0.2, 0.25) is 23.6 Å². The molecule has 160 valence electrons. The second-order valence-electron chi connectivity index (χ2n) is 9.16. The minimum absolute atomic E-state index is 0.00449. The number of likely N-dealkylation sites (tertiary alicyclic amines) is 2. The normalized spacial score (nSPS) is 25.2. The molecule has 4 rings (SSSR count). The lowest BCUT2D eigenvalue weighted by atomic mass is 9.72. The van der Waals surface area contributed by atoms with Gasteiger partial charge in [-0.05, 0) is 25.7 Å². The molecule has 4 heterocycles. The molecule has 2 amide bonds. The fourth-order valence-corrected chi connectivity index (χ4v) is 5.08. The lowest BCUT2D eigenvalue weighted by Crippen LogP contribution is -2.44. The summed E-state index contributed by atoms with van der Waals surface area (Å²) in [4.78, 5) is 28.7. The number of hydrogen-bond acceptors (Lipinski definition) is 6. The minimum atomic E-state index is -0.0468. The number of carbonyl (C=O) groups is 2. The summed E-state index contributed by atoms with van der Waals surface area (Å²) in [7, 11) is 0. The summed E-state index contributed by atoms with van der Waals surface area (Å²) in [6, 6.07) is 0. The molecule has 0 saturated carbocycles. The molecule has 8 heteroatoms. The smallest absolute Gasteiger partial charge is 0.225 e. The number of carbonyl (C=O) groups excluding carboxylic acids is 2.